The van der Waals surface area contributed by atoms with Gasteiger partial charge in [0.2, 0.25) is 17.7 Å². The van der Waals surface area contributed by atoms with Crippen LogP contribution in [0.4, 0.5) is 0 Å². The lowest BCUT2D eigenvalue weighted by molar-refractivity contribution is -0.139. The van der Waals surface area contributed by atoms with Gasteiger partial charge in [0.05, 0.1) is 18.7 Å². The summed E-state index contributed by atoms with van der Waals surface area (Å²) in [7, 11) is 1.64. The number of nitrogens with zero attached hydrogens (tertiary/aromatic N) is 2. The fourth-order valence-electron chi connectivity index (χ4n) is 3.51. The molecular formula is C17H23N3O4. The van der Waals surface area contributed by atoms with Crippen LogP contribution in [-0.4, -0.2) is 54.2 Å². The number of carbonyl (C=O) groups excluding carboxylic acids is 3. The van der Waals surface area contributed by atoms with Crippen molar-refractivity contribution in [1.82, 2.24) is 15.1 Å². The van der Waals surface area contributed by atoms with Crippen molar-refractivity contribution in [3.05, 3.63) is 24.2 Å². The summed E-state index contributed by atoms with van der Waals surface area (Å²) in [6.07, 6.45) is 3.20. The molecule has 3 rings (SSSR count). The van der Waals surface area contributed by atoms with E-state index in [-0.39, 0.29) is 36.0 Å². The summed E-state index contributed by atoms with van der Waals surface area (Å²) in [5, 5.41) is 2.66. The molecule has 24 heavy (non-hydrogen) atoms. The summed E-state index contributed by atoms with van der Waals surface area (Å²) in [5.41, 5.74) is 0. The third-order valence-electron chi connectivity index (χ3n) is 4.91. The second kappa shape index (κ2) is 7.07. The van der Waals surface area contributed by atoms with Crippen molar-refractivity contribution in [1.29, 1.82) is 0 Å². The van der Waals surface area contributed by atoms with Crippen molar-refractivity contribution in [2.75, 3.05) is 26.7 Å². The van der Waals surface area contributed by atoms with Crippen LogP contribution in [0.5, 0.6) is 0 Å². The van der Waals surface area contributed by atoms with Gasteiger partial charge in [0.1, 0.15) is 5.76 Å². The van der Waals surface area contributed by atoms with E-state index < -0.39 is 0 Å². The van der Waals surface area contributed by atoms with Gasteiger partial charge in [-0.15, -0.1) is 0 Å². The van der Waals surface area contributed by atoms with E-state index in [4.69, 9.17) is 4.42 Å². The average molecular weight is 333 g/mol. The predicted octanol–water partition coefficient (Wildman–Crippen LogP) is 0.613. The van der Waals surface area contributed by atoms with Gasteiger partial charge < -0.3 is 19.5 Å². The number of likely N-dealkylation sites (tertiary alicyclic amines) is 2. The number of furan rings is 1. The number of piperidine rings is 1. The van der Waals surface area contributed by atoms with Crippen molar-refractivity contribution in [3.8, 4) is 0 Å². The molecule has 3 heterocycles. The minimum Gasteiger partial charge on any atom is -0.467 e. The van der Waals surface area contributed by atoms with Crippen molar-refractivity contribution in [2.45, 2.75) is 25.8 Å². The molecule has 1 N–H and O–H groups in total. The number of amides is 3. The second-order valence-electron chi connectivity index (χ2n) is 6.47. The van der Waals surface area contributed by atoms with Crippen molar-refractivity contribution in [2.24, 2.45) is 11.8 Å². The number of carbonyl (C=O) groups is 3. The van der Waals surface area contributed by atoms with Gasteiger partial charge in [0.15, 0.2) is 0 Å². The minimum absolute atomic E-state index is 0.00926. The van der Waals surface area contributed by atoms with Crippen molar-refractivity contribution in [3.63, 3.8) is 0 Å². The lowest BCUT2D eigenvalue weighted by Gasteiger charge is -2.32. The molecule has 7 nitrogen and oxygen atoms in total. The third-order valence-corrected chi connectivity index (χ3v) is 4.91. The molecule has 2 saturated heterocycles. The molecule has 2 aliphatic heterocycles. The second-order valence-corrected chi connectivity index (χ2v) is 6.47. The molecule has 1 atom stereocenters. The van der Waals surface area contributed by atoms with Crippen LogP contribution in [0, 0.1) is 11.8 Å². The Hall–Kier alpha value is -2.31. The predicted molar refractivity (Wildman–Crippen MR) is 85.6 cm³/mol. The summed E-state index contributed by atoms with van der Waals surface area (Å²) in [6, 6.07) is 3.61. The first kappa shape index (κ1) is 16.5. The maximum Gasteiger partial charge on any atom is 0.227 e. The topological polar surface area (TPSA) is 82.9 Å². The molecule has 7 heteroatoms. The molecule has 1 unspecified atom stereocenters. The van der Waals surface area contributed by atoms with E-state index in [1.165, 1.54) is 0 Å². The Kier molecular flexibility index (Phi) is 4.87. The zero-order chi connectivity index (χ0) is 17.1. The van der Waals surface area contributed by atoms with Gasteiger partial charge in [-0.3, -0.25) is 14.4 Å². The maximum atomic E-state index is 12.7. The van der Waals surface area contributed by atoms with Crippen molar-refractivity contribution >= 4 is 17.7 Å². The average Bonchev–Trinajstić information content (AvgIpc) is 3.24. The van der Waals surface area contributed by atoms with Crippen LogP contribution in [0.2, 0.25) is 0 Å². The highest BCUT2D eigenvalue weighted by Gasteiger charge is 2.38. The summed E-state index contributed by atoms with van der Waals surface area (Å²) < 4.78 is 5.27. The Morgan fingerprint density at radius 3 is 2.67 bits per heavy atom. The van der Waals surface area contributed by atoms with E-state index in [0.717, 1.165) is 5.76 Å². The molecule has 0 radical (unpaired) electrons. The Balaban J connectivity index is 1.53. The highest BCUT2D eigenvalue weighted by atomic mass is 16.3. The van der Waals surface area contributed by atoms with E-state index in [0.29, 0.717) is 39.0 Å². The standard InChI is InChI=1S/C17H23N3O4/c1-18-16(22)12-4-6-19(7-5-12)17(23)13-9-15(21)20(10-13)11-14-3-2-8-24-14/h2-3,8,12-13H,4-7,9-11H2,1H3,(H,18,22). The van der Waals surface area contributed by atoms with Gasteiger partial charge in [0, 0.05) is 39.0 Å². The number of hydrogen-bond acceptors (Lipinski definition) is 4. The SMILES string of the molecule is CNC(=O)C1CCN(C(=O)C2CC(=O)N(Cc3ccco3)C2)CC1. The van der Waals surface area contributed by atoms with Crippen LogP contribution in [-0.2, 0) is 20.9 Å². The highest BCUT2D eigenvalue weighted by Crippen LogP contribution is 2.25. The van der Waals surface area contributed by atoms with Crippen molar-refractivity contribution < 1.29 is 18.8 Å². The Labute approximate surface area is 141 Å². The largest absolute Gasteiger partial charge is 0.467 e. The molecule has 130 valence electrons. The number of nitrogens with one attached hydrogen (secondary N) is 1. The van der Waals surface area contributed by atoms with Crippen LogP contribution in [0.25, 0.3) is 0 Å². The van der Waals surface area contributed by atoms with Gasteiger partial charge in [-0.1, -0.05) is 0 Å². The monoisotopic (exact) mass is 333 g/mol. The number of rotatable bonds is 4. The Morgan fingerprint density at radius 2 is 2.04 bits per heavy atom. The molecule has 0 bridgehead atoms. The third kappa shape index (κ3) is 3.44. The Morgan fingerprint density at radius 1 is 1.29 bits per heavy atom. The molecule has 2 fully saturated rings. The summed E-state index contributed by atoms with van der Waals surface area (Å²) >= 11 is 0. The minimum atomic E-state index is -0.288. The van der Waals surface area contributed by atoms with E-state index in [2.05, 4.69) is 5.32 Å². The molecule has 0 aliphatic carbocycles. The van der Waals surface area contributed by atoms with E-state index >= 15 is 0 Å². The maximum absolute atomic E-state index is 12.7. The first-order valence-corrected chi connectivity index (χ1v) is 8.39. The molecule has 2 aliphatic rings. The highest BCUT2D eigenvalue weighted by molar-refractivity contribution is 5.89. The molecule has 0 saturated carbocycles. The zero-order valence-corrected chi connectivity index (χ0v) is 13.9. The summed E-state index contributed by atoms with van der Waals surface area (Å²) in [4.78, 5) is 39.9. The summed E-state index contributed by atoms with van der Waals surface area (Å²) in [6.45, 7) is 2.02. The van der Waals surface area contributed by atoms with Gasteiger partial charge in [-0.25, -0.2) is 0 Å². The van der Waals surface area contributed by atoms with E-state index in [1.54, 1.807) is 29.2 Å². The van der Waals surface area contributed by atoms with Gasteiger partial charge >= 0.3 is 0 Å². The zero-order valence-electron chi connectivity index (χ0n) is 13.9. The normalized spacial score (nSPS) is 22.0. The van der Waals surface area contributed by atoms with Crippen LogP contribution in [0.15, 0.2) is 22.8 Å². The van der Waals surface area contributed by atoms with Crippen LogP contribution >= 0.6 is 0 Å². The van der Waals surface area contributed by atoms with Gasteiger partial charge in [-0.2, -0.15) is 0 Å². The smallest absolute Gasteiger partial charge is 0.227 e. The fraction of sp³-hybridized carbons (Fsp3) is 0.588. The molecule has 0 aromatic carbocycles. The quantitative estimate of drug-likeness (QED) is 0.875. The lowest BCUT2D eigenvalue weighted by atomic mass is 9.94. The van der Waals surface area contributed by atoms with Crippen LogP contribution < -0.4 is 5.32 Å². The Bertz CT molecular complexity index is 605. The molecular weight excluding hydrogens is 310 g/mol. The lowest BCUT2D eigenvalue weighted by Crippen LogP contribution is -2.45. The molecule has 1 aromatic rings. The van der Waals surface area contributed by atoms with Gasteiger partial charge in [0.25, 0.3) is 0 Å². The van der Waals surface area contributed by atoms with Gasteiger partial charge in [-0.05, 0) is 25.0 Å². The van der Waals surface area contributed by atoms with Crippen LogP contribution in [0.1, 0.15) is 25.0 Å². The van der Waals surface area contributed by atoms with E-state index in [9.17, 15) is 14.4 Å². The molecule has 0 spiro atoms. The first-order valence-electron chi connectivity index (χ1n) is 8.39. The molecule has 1 aromatic heterocycles. The van der Waals surface area contributed by atoms with E-state index in [1.807, 2.05) is 6.07 Å². The van der Waals surface area contributed by atoms with Crippen LogP contribution in [0.3, 0.4) is 0 Å². The molecule has 3 amide bonds. The summed E-state index contributed by atoms with van der Waals surface area (Å²) in [5.74, 6) is 0.486. The fourth-order valence-corrected chi connectivity index (χ4v) is 3.51. The first-order chi connectivity index (χ1) is 11.6. The number of hydrogen-bond donors (Lipinski definition) is 1.